The Labute approximate surface area is 107 Å². The van der Waals surface area contributed by atoms with Crippen molar-refractivity contribution in [2.75, 3.05) is 18.9 Å². The predicted molar refractivity (Wildman–Crippen MR) is 74.4 cm³/mol. The van der Waals surface area contributed by atoms with E-state index in [0.717, 1.165) is 22.5 Å². The van der Waals surface area contributed by atoms with Crippen molar-refractivity contribution in [3.63, 3.8) is 0 Å². The minimum Gasteiger partial charge on any atom is -0.320 e. The summed E-state index contributed by atoms with van der Waals surface area (Å²) in [6, 6.07) is 7.93. The lowest BCUT2D eigenvalue weighted by Crippen LogP contribution is -2.10. The Kier molecular flexibility index (Phi) is 5.74. The summed E-state index contributed by atoms with van der Waals surface area (Å²) in [6.07, 6.45) is 1.90. The maximum atomic E-state index is 6.06. The summed E-state index contributed by atoms with van der Waals surface area (Å²) in [5.41, 5.74) is 0. The molecule has 0 aliphatic carbocycles. The number of benzene rings is 1. The Balaban J connectivity index is 2.78. The standard InChI is InChI=1S/C12H19BrO2P/c1-4-14-16(5-2,6-3)15-12-9-7-11(13)8-10-12/h7-10H,4-6H2,1-3H3/q+1. The number of hydrogen-bond donors (Lipinski definition) is 0. The third kappa shape index (κ3) is 3.73. The Morgan fingerprint density at radius 1 is 1.06 bits per heavy atom. The Hall–Kier alpha value is -0.110. The highest BCUT2D eigenvalue weighted by molar-refractivity contribution is 9.10. The molecule has 0 spiro atoms. The molecule has 0 radical (unpaired) electrons. The summed E-state index contributed by atoms with van der Waals surface area (Å²) in [6.45, 7) is 6.99. The maximum absolute atomic E-state index is 6.06. The monoisotopic (exact) mass is 305 g/mol. The van der Waals surface area contributed by atoms with Crippen LogP contribution in [0, 0.1) is 0 Å². The van der Waals surface area contributed by atoms with Crippen molar-refractivity contribution in [1.82, 2.24) is 0 Å². The van der Waals surface area contributed by atoms with E-state index in [0.29, 0.717) is 6.61 Å². The Morgan fingerprint density at radius 2 is 1.62 bits per heavy atom. The molecule has 1 rings (SSSR count). The molecule has 0 heterocycles. The maximum Gasteiger partial charge on any atom is 0.319 e. The second-order valence-electron chi connectivity index (χ2n) is 3.41. The van der Waals surface area contributed by atoms with E-state index < -0.39 is 7.72 Å². The molecule has 0 amide bonds. The number of rotatable bonds is 6. The second kappa shape index (κ2) is 6.58. The summed E-state index contributed by atoms with van der Waals surface area (Å²) in [7, 11) is -1.71. The van der Waals surface area contributed by atoms with Gasteiger partial charge in [0.25, 0.3) is 0 Å². The highest BCUT2D eigenvalue weighted by Gasteiger charge is 2.39. The van der Waals surface area contributed by atoms with Gasteiger partial charge in [-0.3, -0.25) is 0 Å². The van der Waals surface area contributed by atoms with Crippen molar-refractivity contribution in [3.8, 4) is 5.75 Å². The van der Waals surface area contributed by atoms with Crippen LogP contribution in [0.4, 0.5) is 0 Å². The molecular weight excluding hydrogens is 287 g/mol. The molecule has 0 N–H and O–H groups in total. The average molecular weight is 306 g/mol. The molecule has 4 heteroatoms. The van der Waals surface area contributed by atoms with Crippen molar-refractivity contribution in [1.29, 1.82) is 0 Å². The summed E-state index contributed by atoms with van der Waals surface area (Å²) >= 11 is 3.41. The van der Waals surface area contributed by atoms with Crippen LogP contribution >= 0.6 is 23.6 Å². The number of halogens is 1. The fourth-order valence-corrected chi connectivity index (χ4v) is 3.85. The predicted octanol–water partition coefficient (Wildman–Crippen LogP) is 4.75. The zero-order valence-corrected chi connectivity index (χ0v) is 12.6. The van der Waals surface area contributed by atoms with Crippen LogP contribution in [-0.2, 0) is 4.52 Å². The fraction of sp³-hybridized carbons (Fsp3) is 0.500. The van der Waals surface area contributed by atoms with Crippen LogP contribution in [0.5, 0.6) is 5.75 Å². The first kappa shape index (κ1) is 14.0. The third-order valence-electron chi connectivity index (χ3n) is 2.41. The summed E-state index contributed by atoms with van der Waals surface area (Å²) in [5, 5.41) is 0. The minimum atomic E-state index is -1.71. The van der Waals surface area contributed by atoms with Gasteiger partial charge in [-0.05, 0) is 45.0 Å². The molecule has 0 bridgehead atoms. The first-order valence-corrected chi connectivity index (χ1v) is 8.41. The molecule has 1 aromatic rings. The fourth-order valence-electron chi connectivity index (χ4n) is 1.48. The van der Waals surface area contributed by atoms with Crippen LogP contribution < -0.4 is 4.52 Å². The van der Waals surface area contributed by atoms with Crippen molar-refractivity contribution in [2.24, 2.45) is 0 Å². The van der Waals surface area contributed by atoms with Gasteiger partial charge in [0.2, 0.25) is 0 Å². The molecule has 0 aliphatic heterocycles. The van der Waals surface area contributed by atoms with E-state index >= 15 is 0 Å². The number of hydrogen-bond acceptors (Lipinski definition) is 2. The SMILES string of the molecule is CCO[P+](CC)(CC)Oc1ccc(Br)cc1. The molecule has 1 aromatic carbocycles. The molecule has 2 nitrogen and oxygen atoms in total. The van der Waals surface area contributed by atoms with E-state index in [9.17, 15) is 0 Å². The first-order chi connectivity index (χ1) is 7.65. The van der Waals surface area contributed by atoms with E-state index in [1.807, 2.05) is 31.2 Å². The largest absolute Gasteiger partial charge is 0.320 e. The van der Waals surface area contributed by atoms with E-state index in [2.05, 4.69) is 29.8 Å². The normalized spacial score (nSPS) is 11.5. The minimum absolute atomic E-state index is 0.714. The van der Waals surface area contributed by atoms with E-state index in [1.54, 1.807) is 0 Å². The van der Waals surface area contributed by atoms with Gasteiger partial charge in [-0.1, -0.05) is 15.9 Å². The summed E-state index contributed by atoms with van der Waals surface area (Å²) in [4.78, 5) is 0. The van der Waals surface area contributed by atoms with Crippen LogP contribution in [0.2, 0.25) is 0 Å². The van der Waals surface area contributed by atoms with Gasteiger partial charge in [0.05, 0.1) is 6.61 Å². The summed E-state index contributed by atoms with van der Waals surface area (Å²) < 4.78 is 13.0. The van der Waals surface area contributed by atoms with Crippen molar-refractivity contribution in [2.45, 2.75) is 20.8 Å². The van der Waals surface area contributed by atoms with Crippen LogP contribution in [-0.4, -0.2) is 18.9 Å². The van der Waals surface area contributed by atoms with Crippen molar-refractivity contribution < 1.29 is 9.05 Å². The molecule has 16 heavy (non-hydrogen) atoms. The van der Waals surface area contributed by atoms with Gasteiger partial charge in [-0.15, -0.1) is 0 Å². The van der Waals surface area contributed by atoms with Crippen LogP contribution in [0.25, 0.3) is 0 Å². The van der Waals surface area contributed by atoms with Crippen molar-refractivity contribution in [3.05, 3.63) is 28.7 Å². The zero-order valence-electron chi connectivity index (χ0n) is 10.1. The van der Waals surface area contributed by atoms with Crippen LogP contribution in [0.1, 0.15) is 20.8 Å². The van der Waals surface area contributed by atoms with Gasteiger partial charge < -0.3 is 4.52 Å². The second-order valence-corrected chi connectivity index (χ2v) is 7.66. The van der Waals surface area contributed by atoms with Gasteiger partial charge in [0.1, 0.15) is 12.3 Å². The molecule has 0 saturated carbocycles. The molecule has 0 saturated heterocycles. The van der Waals surface area contributed by atoms with Crippen LogP contribution in [0.3, 0.4) is 0 Å². The van der Waals surface area contributed by atoms with Gasteiger partial charge in [-0.2, -0.15) is 4.52 Å². The highest BCUT2D eigenvalue weighted by Crippen LogP contribution is 2.59. The van der Waals surface area contributed by atoms with Gasteiger partial charge in [0.15, 0.2) is 5.75 Å². The molecular formula is C12H19BrO2P+. The van der Waals surface area contributed by atoms with Crippen molar-refractivity contribution >= 4 is 23.6 Å². The highest BCUT2D eigenvalue weighted by atomic mass is 79.9. The van der Waals surface area contributed by atoms with E-state index in [-0.39, 0.29) is 0 Å². The quantitative estimate of drug-likeness (QED) is 0.706. The molecule has 0 fully saturated rings. The Bertz CT molecular complexity index is 309. The Morgan fingerprint density at radius 3 is 2.06 bits per heavy atom. The lowest BCUT2D eigenvalue weighted by Gasteiger charge is -2.21. The first-order valence-electron chi connectivity index (χ1n) is 5.62. The van der Waals surface area contributed by atoms with Gasteiger partial charge >= 0.3 is 7.72 Å². The molecule has 90 valence electrons. The van der Waals surface area contributed by atoms with E-state index in [1.165, 1.54) is 0 Å². The lowest BCUT2D eigenvalue weighted by molar-refractivity contribution is 0.315. The summed E-state index contributed by atoms with van der Waals surface area (Å²) in [5.74, 6) is 0.897. The average Bonchev–Trinajstić information content (AvgIpc) is 2.31. The molecule has 0 aromatic heterocycles. The third-order valence-corrected chi connectivity index (χ3v) is 6.14. The molecule has 0 aliphatic rings. The van der Waals surface area contributed by atoms with Gasteiger partial charge in [-0.25, -0.2) is 0 Å². The lowest BCUT2D eigenvalue weighted by atomic mass is 10.3. The molecule has 0 unspecified atom stereocenters. The smallest absolute Gasteiger partial charge is 0.319 e. The topological polar surface area (TPSA) is 18.5 Å². The van der Waals surface area contributed by atoms with Gasteiger partial charge in [0, 0.05) is 4.47 Å². The van der Waals surface area contributed by atoms with E-state index in [4.69, 9.17) is 9.05 Å². The zero-order chi connectivity index (χ0) is 12.0. The van der Waals surface area contributed by atoms with Crippen LogP contribution in [0.15, 0.2) is 28.7 Å². The molecule has 0 atom stereocenters.